The Morgan fingerprint density at radius 2 is 1.82 bits per heavy atom. The summed E-state index contributed by atoms with van der Waals surface area (Å²) in [7, 11) is 0. The summed E-state index contributed by atoms with van der Waals surface area (Å²) in [5.74, 6) is 0.167. The van der Waals surface area contributed by atoms with E-state index in [-0.39, 0.29) is 5.82 Å². The van der Waals surface area contributed by atoms with Gasteiger partial charge in [-0.15, -0.1) is 0 Å². The molecule has 3 aromatic rings. The zero-order chi connectivity index (χ0) is 24.0. The van der Waals surface area contributed by atoms with Gasteiger partial charge in [-0.05, 0) is 86.6 Å². The fraction of sp³-hybridized carbons (Fsp3) is 0.250. The van der Waals surface area contributed by atoms with Gasteiger partial charge in [-0.3, -0.25) is 0 Å². The standard InChI is InChI=1S/C28H27N5/c1-7-20-10-8-9-15(2)27(20)33-16(3)11-21(19(33)6)12-22-17(4)23(13-29)26-25(22)18(5)24(14-30)28(31)32-26/h8-12H,7H2,1-6H3,(H2,31,32)/b22-12-. The van der Waals surface area contributed by atoms with E-state index >= 15 is 0 Å². The second-order valence-corrected chi connectivity index (χ2v) is 8.60. The number of hydrogen-bond donors (Lipinski definition) is 1. The number of aryl methyl sites for hydroxylation is 3. The van der Waals surface area contributed by atoms with Crippen molar-refractivity contribution in [2.45, 2.75) is 48.0 Å². The van der Waals surface area contributed by atoms with Crippen molar-refractivity contribution in [3.05, 3.63) is 80.3 Å². The molecule has 0 unspecified atom stereocenters. The van der Waals surface area contributed by atoms with Gasteiger partial charge >= 0.3 is 0 Å². The second kappa shape index (κ2) is 8.11. The van der Waals surface area contributed by atoms with Crippen LogP contribution in [0.15, 0.2) is 29.8 Å². The van der Waals surface area contributed by atoms with Crippen LogP contribution in [0.5, 0.6) is 0 Å². The van der Waals surface area contributed by atoms with Crippen molar-refractivity contribution in [1.82, 2.24) is 9.55 Å². The van der Waals surface area contributed by atoms with Crippen molar-refractivity contribution >= 4 is 23.0 Å². The largest absolute Gasteiger partial charge is 0.383 e. The van der Waals surface area contributed by atoms with E-state index in [1.807, 2.05) is 13.8 Å². The van der Waals surface area contributed by atoms with E-state index in [2.05, 4.69) is 79.7 Å². The number of nitrogens with two attached hydrogens (primary N) is 1. The summed E-state index contributed by atoms with van der Waals surface area (Å²) < 4.78 is 2.31. The van der Waals surface area contributed by atoms with Gasteiger partial charge in [-0.25, -0.2) is 4.98 Å². The van der Waals surface area contributed by atoms with Crippen molar-refractivity contribution in [2.75, 3.05) is 5.73 Å². The van der Waals surface area contributed by atoms with Crippen LogP contribution in [0.4, 0.5) is 5.82 Å². The molecule has 5 nitrogen and oxygen atoms in total. The molecule has 0 bridgehead atoms. The van der Waals surface area contributed by atoms with Crippen molar-refractivity contribution in [3.8, 4) is 17.8 Å². The molecule has 2 N–H and O–H groups in total. The molecule has 0 fully saturated rings. The van der Waals surface area contributed by atoms with Crippen LogP contribution in [-0.2, 0) is 6.42 Å². The number of nitriles is 2. The number of allylic oxidation sites excluding steroid dienone is 3. The van der Waals surface area contributed by atoms with Crippen molar-refractivity contribution in [3.63, 3.8) is 0 Å². The van der Waals surface area contributed by atoms with Crippen molar-refractivity contribution < 1.29 is 0 Å². The highest BCUT2D eigenvalue weighted by molar-refractivity contribution is 6.08. The summed E-state index contributed by atoms with van der Waals surface area (Å²) in [5.41, 5.74) is 18.0. The predicted octanol–water partition coefficient (Wildman–Crippen LogP) is 5.97. The summed E-state index contributed by atoms with van der Waals surface area (Å²) in [6.07, 6.45) is 3.07. The third-order valence-electron chi connectivity index (χ3n) is 6.68. The third kappa shape index (κ3) is 3.25. The first-order valence-electron chi connectivity index (χ1n) is 11.1. The van der Waals surface area contributed by atoms with E-state index in [0.29, 0.717) is 16.8 Å². The average molecular weight is 434 g/mol. The molecule has 164 valence electrons. The minimum absolute atomic E-state index is 0.167. The Labute approximate surface area is 195 Å². The molecule has 2 heterocycles. The average Bonchev–Trinajstić information content (AvgIpc) is 3.20. The lowest BCUT2D eigenvalue weighted by Gasteiger charge is -2.17. The highest BCUT2D eigenvalue weighted by Crippen LogP contribution is 2.44. The molecule has 5 heteroatoms. The number of anilines is 1. The molecule has 0 saturated carbocycles. The molecular formula is C28H27N5. The first-order chi connectivity index (χ1) is 15.7. The zero-order valence-corrected chi connectivity index (χ0v) is 20.0. The molecule has 0 aliphatic heterocycles. The maximum Gasteiger partial charge on any atom is 0.142 e. The SMILES string of the molecule is CCc1cccc(C)c1-n1c(C)cc(/C=C2/C(C)=C(C#N)c3nc(N)c(C#N)c(C)c32)c1C. The number of nitrogen functional groups attached to an aromatic ring is 1. The normalized spacial score (nSPS) is 13.9. The summed E-state index contributed by atoms with van der Waals surface area (Å²) in [6.45, 7) is 12.4. The summed E-state index contributed by atoms with van der Waals surface area (Å²) in [4.78, 5) is 4.44. The molecule has 0 saturated heterocycles. The van der Waals surface area contributed by atoms with E-state index in [0.717, 1.165) is 45.6 Å². The lowest BCUT2D eigenvalue weighted by molar-refractivity contribution is 0.925. The Morgan fingerprint density at radius 1 is 1.09 bits per heavy atom. The van der Waals surface area contributed by atoms with Gasteiger partial charge in [-0.1, -0.05) is 25.1 Å². The van der Waals surface area contributed by atoms with Gasteiger partial charge in [0.2, 0.25) is 0 Å². The van der Waals surface area contributed by atoms with Gasteiger partial charge in [0.1, 0.15) is 18.0 Å². The molecule has 0 amide bonds. The lowest BCUT2D eigenvalue weighted by atomic mass is 9.95. The quantitative estimate of drug-likeness (QED) is 0.550. The highest BCUT2D eigenvalue weighted by atomic mass is 15.0. The first-order valence-corrected chi connectivity index (χ1v) is 11.1. The molecule has 0 spiro atoms. The van der Waals surface area contributed by atoms with Crippen LogP contribution in [-0.4, -0.2) is 9.55 Å². The maximum atomic E-state index is 9.83. The molecule has 33 heavy (non-hydrogen) atoms. The number of fused-ring (bicyclic) bond motifs is 1. The Kier molecular flexibility index (Phi) is 5.44. The molecule has 0 atom stereocenters. The number of hydrogen-bond acceptors (Lipinski definition) is 4. The Balaban J connectivity index is 1.99. The maximum absolute atomic E-state index is 9.83. The second-order valence-electron chi connectivity index (χ2n) is 8.60. The molecule has 1 aromatic carbocycles. The minimum Gasteiger partial charge on any atom is -0.383 e. The fourth-order valence-corrected chi connectivity index (χ4v) is 4.95. The molecule has 2 aromatic heterocycles. The van der Waals surface area contributed by atoms with Gasteiger partial charge in [-0.2, -0.15) is 10.5 Å². The van der Waals surface area contributed by atoms with Crippen LogP contribution >= 0.6 is 0 Å². The fourth-order valence-electron chi connectivity index (χ4n) is 4.95. The van der Waals surface area contributed by atoms with Crippen LogP contribution in [0.25, 0.3) is 22.9 Å². The lowest BCUT2D eigenvalue weighted by Crippen LogP contribution is -2.05. The number of benzene rings is 1. The third-order valence-corrected chi connectivity index (χ3v) is 6.68. The van der Waals surface area contributed by atoms with Gasteiger partial charge < -0.3 is 10.3 Å². The Bertz CT molecular complexity index is 1470. The number of aromatic nitrogens is 2. The van der Waals surface area contributed by atoms with Gasteiger partial charge in [0, 0.05) is 17.0 Å². The van der Waals surface area contributed by atoms with Crippen LogP contribution in [0.1, 0.15) is 64.3 Å². The van der Waals surface area contributed by atoms with Crippen LogP contribution in [0, 0.1) is 50.4 Å². The van der Waals surface area contributed by atoms with Gasteiger partial charge in [0.15, 0.2) is 0 Å². The molecule has 4 rings (SSSR count). The van der Waals surface area contributed by atoms with Crippen LogP contribution in [0.3, 0.4) is 0 Å². The molecule has 0 radical (unpaired) electrons. The van der Waals surface area contributed by atoms with E-state index in [4.69, 9.17) is 5.73 Å². The zero-order valence-electron chi connectivity index (χ0n) is 20.0. The van der Waals surface area contributed by atoms with Crippen LogP contribution < -0.4 is 5.73 Å². The monoisotopic (exact) mass is 433 g/mol. The van der Waals surface area contributed by atoms with Crippen molar-refractivity contribution in [2.24, 2.45) is 0 Å². The molecule has 1 aliphatic rings. The number of nitrogens with zero attached hydrogens (tertiary/aromatic N) is 4. The minimum atomic E-state index is 0.167. The number of para-hydroxylation sites is 1. The smallest absolute Gasteiger partial charge is 0.142 e. The first kappa shape index (κ1) is 22.1. The van der Waals surface area contributed by atoms with E-state index in [9.17, 15) is 10.5 Å². The van der Waals surface area contributed by atoms with E-state index in [1.54, 1.807) is 0 Å². The number of rotatable bonds is 3. The van der Waals surface area contributed by atoms with Crippen molar-refractivity contribution in [1.29, 1.82) is 10.5 Å². The topological polar surface area (TPSA) is 91.4 Å². The highest BCUT2D eigenvalue weighted by Gasteiger charge is 2.30. The summed E-state index contributed by atoms with van der Waals surface area (Å²) in [5, 5.41) is 19.4. The predicted molar refractivity (Wildman–Crippen MR) is 134 cm³/mol. The summed E-state index contributed by atoms with van der Waals surface area (Å²) >= 11 is 0. The van der Waals surface area contributed by atoms with Gasteiger partial charge in [0.25, 0.3) is 0 Å². The molecular weight excluding hydrogens is 406 g/mol. The summed E-state index contributed by atoms with van der Waals surface area (Å²) in [6, 6.07) is 13.1. The Morgan fingerprint density at radius 3 is 2.45 bits per heavy atom. The van der Waals surface area contributed by atoms with E-state index < -0.39 is 0 Å². The molecule has 1 aliphatic carbocycles. The van der Waals surface area contributed by atoms with Gasteiger partial charge in [0.05, 0.1) is 22.5 Å². The number of pyridine rings is 1. The van der Waals surface area contributed by atoms with Crippen LogP contribution in [0.2, 0.25) is 0 Å². The Hall–Kier alpha value is -4.09. The van der Waals surface area contributed by atoms with E-state index in [1.165, 1.54) is 16.8 Å².